The van der Waals surface area contributed by atoms with E-state index in [4.69, 9.17) is 21.3 Å². The lowest BCUT2D eigenvalue weighted by Crippen LogP contribution is -2.49. The van der Waals surface area contributed by atoms with Crippen LogP contribution in [0.3, 0.4) is 0 Å². The molecule has 160 valence electrons. The lowest BCUT2D eigenvalue weighted by molar-refractivity contribution is 0.00195. The van der Waals surface area contributed by atoms with E-state index in [2.05, 4.69) is 29.4 Å². The highest BCUT2D eigenvalue weighted by atomic mass is 35.5. The fourth-order valence-electron chi connectivity index (χ4n) is 6.88. The average Bonchev–Trinajstić information content (AvgIpc) is 3.09. The summed E-state index contributed by atoms with van der Waals surface area (Å²) in [5, 5.41) is 1.90. The van der Waals surface area contributed by atoms with Crippen LogP contribution in [0.25, 0.3) is 22.2 Å². The molecule has 0 unspecified atom stereocenters. The number of nitrogens with one attached hydrogen (secondary N) is 1. The van der Waals surface area contributed by atoms with E-state index in [0.29, 0.717) is 6.61 Å². The first-order chi connectivity index (χ1) is 15.1. The minimum atomic E-state index is 0.146. The molecule has 1 N–H and O–H groups in total. The number of fused-ring (bicyclic) bond motifs is 1. The molecule has 4 aliphatic rings. The van der Waals surface area contributed by atoms with Crippen molar-refractivity contribution in [3.63, 3.8) is 0 Å². The van der Waals surface area contributed by atoms with Crippen LogP contribution >= 0.6 is 11.6 Å². The Hall–Kier alpha value is -2.26. The van der Waals surface area contributed by atoms with Gasteiger partial charge >= 0.3 is 0 Å². The number of hydrogen-bond acceptors (Lipinski definition) is 2. The van der Waals surface area contributed by atoms with Crippen LogP contribution in [0.4, 0.5) is 0 Å². The van der Waals surface area contributed by atoms with Crippen molar-refractivity contribution >= 4 is 28.7 Å². The zero-order valence-corrected chi connectivity index (χ0v) is 18.8. The minimum Gasteiger partial charge on any atom is -0.494 e. The molecule has 4 aliphatic carbocycles. The fourth-order valence-corrected chi connectivity index (χ4v) is 7.11. The molecule has 7 rings (SSSR count). The van der Waals surface area contributed by atoms with Gasteiger partial charge in [-0.05, 0) is 87.5 Å². The summed E-state index contributed by atoms with van der Waals surface area (Å²) in [6.45, 7) is 2.68. The number of halogens is 1. The van der Waals surface area contributed by atoms with E-state index in [1.54, 1.807) is 0 Å². The highest BCUT2D eigenvalue weighted by molar-refractivity contribution is 6.33. The van der Waals surface area contributed by atoms with Crippen LogP contribution in [0.2, 0.25) is 5.02 Å². The third-order valence-corrected chi connectivity index (χ3v) is 8.07. The molecule has 4 heteroatoms. The van der Waals surface area contributed by atoms with Crippen LogP contribution in [-0.2, 0) is 0 Å². The molecule has 0 spiro atoms. The van der Waals surface area contributed by atoms with E-state index < -0.39 is 0 Å². The Kier molecular flexibility index (Phi) is 4.64. The largest absolute Gasteiger partial charge is 0.494 e. The molecule has 4 bridgehead atoms. The van der Waals surface area contributed by atoms with Crippen molar-refractivity contribution < 1.29 is 4.74 Å². The minimum absolute atomic E-state index is 0.146. The first-order valence-electron chi connectivity index (χ1n) is 11.7. The van der Waals surface area contributed by atoms with E-state index in [-0.39, 0.29) is 5.54 Å². The Morgan fingerprint density at radius 1 is 1.06 bits per heavy atom. The van der Waals surface area contributed by atoms with Crippen LogP contribution in [0, 0.1) is 17.8 Å². The van der Waals surface area contributed by atoms with Crippen molar-refractivity contribution in [2.75, 3.05) is 6.61 Å². The zero-order chi connectivity index (χ0) is 21.0. The quantitative estimate of drug-likeness (QED) is 0.422. The predicted molar refractivity (Wildman–Crippen MR) is 128 cm³/mol. The first kappa shape index (κ1) is 19.4. The molecule has 0 atom stereocenters. The van der Waals surface area contributed by atoms with Gasteiger partial charge in [0, 0.05) is 33.3 Å². The molecule has 4 fully saturated rings. The topological polar surface area (TPSA) is 37.4 Å². The number of hydrogen-bond donors (Lipinski definition) is 1. The van der Waals surface area contributed by atoms with Crippen molar-refractivity contribution in [1.29, 1.82) is 0 Å². The van der Waals surface area contributed by atoms with Crippen molar-refractivity contribution in [3.05, 3.63) is 53.1 Å². The van der Waals surface area contributed by atoms with E-state index in [1.165, 1.54) is 38.5 Å². The summed E-state index contributed by atoms with van der Waals surface area (Å²) in [4.78, 5) is 8.99. The van der Waals surface area contributed by atoms with Crippen LogP contribution < -0.4 is 4.74 Å². The van der Waals surface area contributed by atoms with Gasteiger partial charge in [0.1, 0.15) is 5.75 Å². The Morgan fingerprint density at radius 2 is 1.77 bits per heavy atom. The normalized spacial score (nSPS) is 29.3. The average molecular weight is 433 g/mol. The van der Waals surface area contributed by atoms with Crippen molar-refractivity contribution in [2.45, 2.75) is 51.0 Å². The maximum absolute atomic E-state index is 6.61. The molecule has 2 aromatic carbocycles. The lowest BCUT2D eigenvalue weighted by Gasteiger charge is -2.55. The van der Waals surface area contributed by atoms with E-state index >= 15 is 0 Å². The van der Waals surface area contributed by atoms with E-state index in [9.17, 15) is 0 Å². The van der Waals surface area contributed by atoms with Crippen molar-refractivity contribution in [3.8, 4) is 17.0 Å². The van der Waals surface area contributed by atoms with Gasteiger partial charge in [-0.15, -0.1) is 0 Å². The molecule has 0 amide bonds. The van der Waals surface area contributed by atoms with Gasteiger partial charge in [0.05, 0.1) is 17.8 Å². The summed E-state index contributed by atoms with van der Waals surface area (Å²) < 4.78 is 5.80. The fraction of sp³-hybridized carbons (Fsp3) is 0.444. The molecule has 3 aromatic rings. The van der Waals surface area contributed by atoms with Gasteiger partial charge in [0.2, 0.25) is 0 Å². The third kappa shape index (κ3) is 3.38. The van der Waals surface area contributed by atoms with Crippen LogP contribution in [0.15, 0.2) is 47.5 Å². The number of H-pyrrole nitrogens is 1. The summed E-state index contributed by atoms with van der Waals surface area (Å²) in [5.41, 5.74) is 4.42. The summed E-state index contributed by atoms with van der Waals surface area (Å²) in [7, 11) is 0. The first-order valence-corrected chi connectivity index (χ1v) is 12.1. The third-order valence-electron chi connectivity index (χ3n) is 7.74. The smallest absolute Gasteiger partial charge is 0.120 e. The number of aromatic nitrogens is 1. The van der Waals surface area contributed by atoms with Crippen LogP contribution in [0.1, 0.15) is 51.0 Å². The summed E-state index contributed by atoms with van der Waals surface area (Å²) >= 11 is 6.61. The van der Waals surface area contributed by atoms with Gasteiger partial charge in [-0.2, -0.15) is 0 Å². The lowest BCUT2D eigenvalue weighted by atomic mass is 9.53. The van der Waals surface area contributed by atoms with E-state index in [1.807, 2.05) is 31.2 Å². The number of ether oxygens (including phenoxy) is 1. The SMILES string of the molecule is CCOc1ccc2[nH]c(-c3ccccc3Cl)c(C=NC34CC5CC(CC(C5)C3)C4)c2c1. The Morgan fingerprint density at radius 3 is 2.45 bits per heavy atom. The molecule has 1 aromatic heterocycles. The second kappa shape index (κ2) is 7.41. The Balaban J connectivity index is 1.47. The Bertz CT molecular complexity index is 1130. The van der Waals surface area contributed by atoms with E-state index in [0.717, 1.165) is 56.2 Å². The summed E-state index contributed by atoms with van der Waals surface area (Å²) in [5.74, 6) is 3.56. The number of aliphatic imine (C=N–C) groups is 1. The molecule has 3 nitrogen and oxygen atoms in total. The molecule has 4 saturated carbocycles. The predicted octanol–water partition coefficient (Wildman–Crippen LogP) is 7.27. The van der Waals surface area contributed by atoms with Gasteiger partial charge in [-0.25, -0.2) is 0 Å². The van der Waals surface area contributed by atoms with Gasteiger partial charge in [-0.3, -0.25) is 4.99 Å². The molecule has 0 radical (unpaired) electrons. The molecular formula is C27H29ClN2O. The zero-order valence-electron chi connectivity index (χ0n) is 18.0. The highest BCUT2D eigenvalue weighted by Crippen LogP contribution is 2.57. The summed E-state index contributed by atoms with van der Waals surface area (Å²) in [6.07, 6.45) is 10.3. The molecule has 31 heavy (non-hydrogen) atoms. The Labute approximate surface area is 188 Å². The monoisotopic (exact) mass is 432 g/mol. The van der Waals surface area contributed by atoms with Crippen LogP contribution in [0.5, 0.6) is 5.75 Å². The number of benzene rings is 2. The number of nitrogens with zero attached hydrogens (tertiary/aromatic N) is 1. The van der Waals surface area contributed by atoms with Gasteiger partial charge in [0.25, 0.3) is 0 Å². The van der Waals surface area contributed by atoms with Crippen molar-refractivity contribution in [2.24, 2.45) is 22.7 Å². The van der Waals surface area contributed by atoms with Gasteiger partial charge in [0.15, 0.2) is 0 Å². The van der Waals surface area contributed by atoms with Crippen molar-refractivity contribution in [1.82, 2.24) is 4.98 Å². The maximum atomic E-state index is 6.61. The summed E-state index contributed by atoms with van der Waals surface area (Å²) in [6, 6.07) is 14.3. The molecular weight excluding hydrogens is 404 g/mol. The maximum Gasteiger partial charge on any atom is 0.120 e. The standard InChI is InChI=1S/C27H29ClN2O/c1-2-31-20-7-8-25-22(12-20)23(26(30-25)21-5-3-4-6-24(21)28)16-29-27-13-17-9-18(14-27)11-19(10-17)15-27/h3-8,12,16-19,30H,2,9-11,13-15H2,1H3. The van der Waals surface area contributed by atoms with Crippen LogP contribution in [-0.4, -0.2) is 23.3 Å². The van der Waals surface area contributed by atoms with Gasteiger partial charge in [-0.1, -0.05) is 29.8 Å². The second-order valence-corrected chi connectivity index (χ2v) is 10.3. The number of rotatable bonds is 5. The molecule has 1 heterocycles. The molecule has 0 saturated heterocycles. The second-order valence-electron chi connectivity index (χ2n) is 9.93. The highest BCUT2D eigenvalue weighted by Gasteiger charge is 2.50. The number of aromatic amines is 1. The van der Waals surface area contributed by atoms with Gasteiger partial charge < -0.3 is 9.72 Å². The molecule has 0 aliphatic heterocycles.